The number of fused-ring (bicyclic) bond motifs is 2. The lowest BCUT2D eigenvalue weighted by Gasteiger charge is -2.51. The number of rotatable bonds is 4. The van der Waals surface area contributed by atoms with Crippen molar-refractivity contribution in [3.63, 3.8) is 0 Å². The second kappa shape index (κ2) is 10.9. The third kappa shape index (κ3) is 4.36. The molecule has 7 aliphatic rings. The molecule has 5 heterocycles. The van der Waals surface area contributed by atoms with Gasteiger partial charge in [0.25, 0.3) is 0 Å². The fourth-order valence-electron chi connectivity index (χ4n) is 10.8. The number of Topliss-reactive ketones (excluding diaryl/α,β-unsaturated/α-hetero) is 2. The minimum atomic E-state index is -2.35. The monoisotopic (exact) mass is 718 g/mol. The van der Waals surface area contributed by atoms with E-state index in [-0.39, 0.29) is 25.7 Å². The number of carbonyl (C=O) groups excluding carboxylic acids is 7. The molecular weight excluding hydrogens is 676 g/mol. The van der Waals surface area contributed by atoms with Crippen molar-refractivity contribution in [3.8, 4) is 0 Å². The van der Waals surface area contributed by atoms with Gasteiger partial charge in [0.1, 0.15) is 17.6 Å². The van der Waals surface area contributed by atoms with E-state index in [9.17, 15) is 33.9 Å². The quantitative estimate of drug-likeness (QED) is 0.187. The van der Waals surface area contributed by atoms with Crippen LogP contribution >= 0.6 is 0 Å². The molecule has 16 heteroatoms. The maximum absolute atomic E-state index is 15.4. The molecule has 0 aromatic heterocycles. The number of carbonyl (C=O) groups is 7. The molecule has 5 aliphatic heterocycles. The smallest absolute Gasteiger partial charge is 0.469 e. The van der Waals surface area contributed by atoms with E-state index in [0.717, 1.165) is 21.1 Å². The van der Waals surface area contributed by atoms with Crippen LogP contribution in [-0.4, -0.2) is 109 Å². The van der Waals surface area contributed by atoms with E-state index in [4.69, 9.17) is 33.2 Å². The van der Waals surface area contributed by atoms with Crippen molar-refractivity contribution in [2.24, 2.45) is 34.5 Å². The van der Waals surface area contributed by atoms with Crippen molar-refractivity contribution < 1.29 is 76.6 Å². The van der Waals surface area contributed by atoms with Gasteiger partial charge in [-0.15, -0.1) is 0 Å². The average Bonchev–Trinajstić information content (AvgIpc) is 3.51. The first-order chi connectivity index (χ1) is 23.7. The van der Waals surface area contributed by atoms with E-state index in [2.05, 4.69) is 4.74 Å². The van der Waals surface area contributed by atoms with Crippen LogP contribution in [0.1, 0.15) is 66.7 Å². The molecule has 278 valence electrons. The van der Waals surface area contributed by atoms with E-state index < -0.39 is 123 Å². The molecule has 51 heavy (non-hydrogen) atoms. The summed E-state index contributed by atoms with van der Waals surface area (Å²) < 4.78 is 45.3. The van der Waals surface area contributed by atoms with Crippen molar-refractivity contribution in [2.45, 2.75) is 108 Å². The zero-order valence-electron chi connectivity index (χ0n) is 29.6. The molecule has 2 bridgehead atoms. The van der Waals surface area contributed by atoms with Crippen LogP contribution in [0.3, 0.4) is 0 Å². The van der Waals surface area contributed by atoms with Crippen molar-refractivity contribution in [2.75, 3.05) is 21.3 Å². The number of ether oxygens (including phenoxy) is 8. The summed E-state index contributed by atoms with van der Waals surface area (Å²) in [5.41, 5.74) is -7.18. The van der Waals surface area contributed by atoms with Crippen molar-refractivity contribution >= 4 is 41.6 Å². The van der Waals surface area contributed by atoms with Gasteiger partial charge in [0, 0.05) is 23.7 Å². The minimum absolute atomic E-state index is 0.00672. The van der Waals surface area contributed by atoms with Gasteiger partial charge in [-0.25, -0.2) is 9.59 Å². The summed E-state index contributed by atoms with van der Waals surface area (Å²) in [4.78, 5) is 95.4. The highest BCUT2D eigenvalue weighted by Crippen LogP contribution is 2.73. The number of methoxy groups -OCH3 is 3. The molecule has 1 N–H and O–H groups in total. The Balaban J connectivity index is 1.42. The van der Waals surface area contributed by atoms with Crippen LogP contribution in [0.25, 0.3) is 0 Å². The van der Waals surface area contributed by atoms with Crippen LogP contribution in [0, 0.1) is 34.5 Å². The van der Waals surface area contributed by atoms with Crippen LogP contribution in [0.15, 0.2) is 11.1 Å². The van der Waals surface area contributed by atoms with Crippen LogP contribution in [-0.2, 0) is 66.7 Å². The van der Waals surface area contributed by atoms with Gasteiger partial charge in [0.2, 0.25) is 5.79 Å². The number of aliphatic hydroxyl groups is 1. The summed E-state index contributed by atoms with van der Waals surface area (Å²) in [6.07, 6.45) is -5.54. The van der Waals surface area contributed by atoms with E-state index in [1.165, 1.54) is 14.0 Å². The SMILES string of the molecule is COC(=O)OC(=O)C[C@H]1OC(C)(C)C2=C1C[C@]13CC[C@]4(C)C(=O)[C@](C)(C(=O)OC)[C@@H]5[C@H]6OC(=O)[C@](C)(O)[C@H]6O[C@@](O1)(C(=O)[C@@H]3[C@@H](C(=O)OC)C2)[C@@H]54. The largest absolute Gasteiger partial charge is 0.515 e. The van der Waals surface area contributed by atoms with Gasteiger partial charge >= 0.3 is 30.0 Å². The average molecular weight is 719 g/mol. The molecule has 4 saturated heterocycles. The van der Waals surface area contributed by atoms with Crippen LogP contribution < -0.4 is 0 Å². The van der Waals surface area contributed by atoms with Gasteiger partial charge in [-0.1, -0.05) is 6.92 Å². The summed E-state index contributed by atoms with van der Waals surface area (Å²) >= 11 is 0. The lowest BCUT2D eigenvalue weighted by Crippen LogP contribution is -2.67. The number of ketones is 2. The standard InChI is InChI=1S/C35H42O16/c1-30(2)16-11-14(25(38)44-6)19-23(37)35-22-20(21-24(50-35)33(5,43)28(41)48-21)32(4,27(40)45-7)26(39)31(22,3)9-10-34(19,51-35)13-15(16)17(49-30)12-18(36)47-29(42)46-8/h14,17,19-22,24,43H,9-13H2,1-8H3/t14-,17+,19-,20+,21+,22-,24-,31-,32+,33+,34-,35-/m0/s1. The Hall–Kier alpha value is -3.73. The Morgan fingerprint density at radius 1 is 0.922 bits per heavy atom. The minimum Gasteiger partial charge on any atom is -0.469 e. The second-order valence-corrected chi connectivity index (χ2v) is 15.9. The first kappa shape index (κ1) is 35.7. The molecular formula is C35H42O16. The van der Waals surface area contributed by atoms with Gasteiger partial charge in [0.05, 0.1) is 56.9 Å². The molecule has 16 nitrogen and oxygen atoms in total. The fraction of sp³-hybridized carbons (Fsp3) is 0.743. The van der Waals surface area contributed by atoms with E-state index in [1.807, 2.05) is 0 Å². The Labute approximate surface area is 292 Å². The van der Waals surface area contributed by atoms with Crippen molar-refractivity contribution in [1.29, 1.82) is 0 Å². The third-order valence-corrected chi connectivity index (χ3v) is 13.0. The highest BCUT2D eigenvalue weighted by Gasteiger charge is 2.86. The predicted octanol–water partition coefficient (Wildman–Crippen LogP) is 1.26. The molecule has 1 saturated carbocycles. The van der Waals surface area contributed by atoms with Crippen molar-refractivity contribution in [1.82, 2.24) is 0 Å². The molecule has 5 fully saturated rings. The normalized spacial score (nSPS) is 45.7. The maximum Gasteiger partial charge on any atom is 0.515 e. The molecule has 0 unspecified atom stereocenters. The number of hydrogen-bond donors (Lipinski definition) is 1. The van der Waals surface area contributed by atoms with Crippen LogP contribution in [0.4, 0.5) is 4.79 Å². The van der Waals surface area contributed by atoms with Gasteiger partial charge in [-0.05, 0) is 58.1 Å². The van der Waals surface area contributed by atoms with E-state index >= 15 is 4.79 Å². The molecule has 0 aromatic carbocycles. The fourth-order valence-corrected chi connectivity index (χ4v) is 10.8. The first-order valence-corrected chi connectivity index (χ1v) is 17.0. The Morgan fingerprint density at radius 3 is 2.24 bits per heavy atom. The van der Waals surface area contributed by atoms with Crippen LogP contribution in [0.5, 0.6) is 0 Å². The lowest BCUT2D eigenvalue weighted by atomic mass is 9.59. The molecule has 12 atom stereocenters. The molecule has 0 aromatic rings. The zero-order valence-corrected chi connectivity index (χ0v) is 29.6. The van der Waals surface area contributed by atoms with Gasteiger partial charge in [0.15, 0.2) is 17.2 Å². The molecule has 2 spiro atoms. The molecule has 2 aliphatic carbocycles. The molecule has 0 radical (unpaired) electrons. The highest BCUT2D eigenvalue weighted by molar-refractivity contribution is 6.10. The number of hydrogen-bond acceptors (Lipinski definition) is 16. The summed E-state index contributed by atoms with van der Waals surface area (Å²) in [7, 11) is 3.37. The summed E-state index contributed by atoms with van der Waals surface area (Å²) in [6.45, 7) is 7.68. The summed E-state index contributed by atoms with van der Waals surface area (Å²) in [6, 6.07) is 0. The summed E-state index contributed by atoms with van der Waals surface area (Å²) in [5.74, 6) is -12.1. The third-order valence-electron chi connectivity index (χ3n) is 13.0. The molecule has 0 amide bonds. The Kier molecular flexibility index (Phi) is 7.62. The van der Waals surface area contributed by atoms with Crippen molar-refractivity contribution in [3.05, 3.63) is 11.1 Å². The Morgan fingerprint density at radius 2 is 1.61 bits per heavy atom. The van der Waals surface area contributed by atoms with Gasteiger partial charge in [-0.3, -0.25) is 24.0 Å². The van der Waals surface area contributed by atoms with E-state index in [1.54, 1.807) is 20.8 Å². The number of esters is 4. The van der Waals surface area contributed by atoms with E-state index in [0.29, 0.717) is 11.1 Å². The Bertz CT molecular complexity index is 1710. The van der Waals surface area contributed by atoms with Gasteiger partial charge < -0.3 is 43.0 Å². The first-order valence-electron chi connectivity index (χ1n) is 17.0. The predicted molar refractivity (Wildman–Crippen MR) is 164 cm³/mol. The second-order valence-electron chi connectivity index (χ2n) is 15.9. The zero-order chi connectivity index (χ0) is 37.4. The lowest BCUT2D eigenvalue weighted by molar-refractivity contribution is -0.338. The van der Waals surface area contributed by atoms with Gasteiger partial charge in [-0.2, -0.15) is 0 Å². The van der Waals surface area contributed by atoms with Crippen LogP contribution in [0.2, 0.25) is 0 Å². The highest BCUT2D eigenvalue weighted by atomic mass is 16.8. The topological polar surface area (TPSA) is 214 Å². The summed E-state index contributed by atoms with van der Waals surface area (Å²) in [5, 5.41) is 11.5. The molecule has 7 rings (SSSR count). The maximum atomic E-state index is 15.4.